The summed E-state index contributed by atoms with van der Waals surface area (Å²) >= 11 is 0. The predicted octanol–water partition coefficient (Wildman–Crippen LogP) is 2.85. The van der Waals surface area contributed by atoms with Crippen LogP contribution in [0.25, 0.3) is 0 Å². The van der Waals surface area contributed by atoms with Gasteiger partial charge in [-0.05, 0) is 29.4 Å². The minimum absolute atomic E-state index is 0.0337. The quantitative estimate of drug-likeness (QED) is 0.690. The van der Waals surface area contributed by atoms with Gasteiger partial charge in [-0.2, -0.15) is 0 Å². The van der Waals surface area contributed by atoms with Crippen LogP contribution in [0.2, 0.25) is 0 Å². The number of ether oxygens (including phenoxy) is 1. The molecule has 1 fully saturated rings. The lowest BCUT2D eigenvalue weighted by Crippen LogP contribution is -2.55. The molecule has 0 aromatic heterocycles. The third-order valence-electron chi connectivity index (χ3n) is 6.27. The number of nitrogens with one attached hydrogen (secondary N) is 1. The van der Waals surface area contributed by atoms with Crippen LogP contribution in [0.4, 0.5) is 0 Å². The highest BCUT2D eigenvalue weighted by Crippen LogP contribution is 2.25. The van der Waals surface area contributed by atoms with Crippen LogP contribution in [-0.4, -0.2) is 66.5 Å². The van der Waals surface area contributed by atoms with Gasteiger partial charge in [0.1, 0.15) is 6.04 Å². The summed E-state index contributed by atoms with van der Waals surface area (Å²) in [7, 11) is 0. The van der Waals surface area contributed by atoms with E-state index >= 15 is 0 Å². The number of morpholine rings is 1. The molecule has 1 aromatic rings. The minimum atomic E-state index is -0.439. The smallest absolute Gasteiger partial charge is 0.243 e. The van der Waals surface area contributed by atoms with Gasteiger partial charge in [0.25, 0.3) is 0 Å². The van der Waals surface area contributed by atoms with Crippen LogP contribution in [0, 0.1) is 11.8 Å². The number of hydrogen-bond donors (Lipinski definition) is 1. The van der Waals surface area contributed by atoms with Crippen LogP contribution in [0.5, 0.6) is 0 Å². The molecule has 0 bridgehead atoms. The van der Waals surface area contributed by atoms with Crippen LogP contribution in [0.15, 0.2) is 24.3 Å². The number of carbonyl (C=O) groups is 2. The van der Waals surface area contributed by atoms with Crippen LogP contribution >= 0.6 is 0 Å². The molecule has 3 rings (SSSR count). The number of fused-ring (bicyclic) bond motifs is 1. The zero-order valence-corrected chi connectivity index (χ0v) is 19.6. The van der Waals surface area contributed by atoms with E-state index in [4.69, 9.17) is 4.74 Å². The number of rotatable bonds is 8. The fourth-order valence-corrected chi connectivity index (χ4v) is 4.67. The van der Waals surface area contributed by atoms with Crippen LogP contribution < -0.4 is 5.32 Å². The van der Waals surface area contributed by atoms with Crippen molar-refractivity contribution in [2.75, 3.05) is 32.8 Å². The maximum Gasteiger partial charge on any atom is 0.243 e. The lowest BCUT2D eigenvalue weighted by Gasteiger charge is -2.38. The molecule has 2 unspecified atom stereocenters. The number of amides is 2. The number of hydrogen-bond acceptors (Lipinski definition) is 4. The Balaban J connectivity index is 1.71. The van der Waals surface area contributed by atoms with Gasteiger partial charge in [-0.15, -0.1) is 0 Å². The van der Waals surface area contributed by atoms with Crippen molar-refractivity contribution in [2.24, 2.45) is 11.8 Å². The molecule has 0 spiro atoms. The number of nitrogens with zero attached hydrogens (tertiary/aromatic N) is 2. The fourth-order valence-electron chi connectivity index (χ4n) is 4.67. The minimum Gasteiger partial charge on any atom is -0.379 e. The summed E-state index contributed by atoms with van der Waals surface area (Å²) in [6.07, 6.45) is 2.08. The van der Waals surface area contributed by atoms with E-state index in [1.54, 1.807) is 4.90 Å². The largest absolute Gasteiger partial charge is 0.379 e. The van der Waals surface area contributed by atoms with Crippen molar-refractivity contribution >= 4 is 11.8 Å². The maximum absolute atomic E-state index is 13.3. The maximum atomic E-state index is 13.3. The van der Waals surface area contributed by atoms with E-state index in [-0.39, 0.29) is 17.7 Å². The van der Waals surface area contributed by atoms with Gasteiger partial charge in [0, 0.05) is 45.1 Å². The first-order chi connectivity index (χ1) is 14.8. The highest BCUT2D eigenvalue weighted by molar-refractivity contribution is 5.88. The Morgan fingerprint density at radius 3 is 2.39 bits per heavy atom. The van der Waals surface area contributed by atoms with Crippen LogP contribution in [-0.2, 0) is 27.3 Å². The molecule has 2 atom stereocenters. The zero-order chi connectivity index (χ0) is 22.4. The Kier molecular flexibility index (Phi) is 8.50. The molecule has 0 radical (unpaired) electrons. The monoisotopic (exact) mass is 429 g/mol. The van der Waals surface area contributed by atoms with Gasteiger partial charge in [0.2, 0.25) is 11.8 Å². The first-order valence-electron chi connectivity index (χ1n) is 11.8. The summed E-state index contributed by atoms with van der Waals surface area (Å²) in [5.74, 6) is 0.853. The predicted molar refractivity (Wildman–Crippen MR) is 123 cm³/mol. The molecule has 1 N–H and O–H groups in total. The van der Waals surface area contributed by atoms with Crippen molar-refractivity contribution in [2.45, 2.75) is 65.6 Å². The molecule has 1 aromatic carbocycles. The number of benzene rings is 1. The van der Waals surface area contributed by atoms with Gasteiger partial charge in [-0.25, -0.2) is 0 Å². The Labute approximate surface area is 187 Å². The van der Waals surface area contributed by atoms with Gasteiger partial charge in [0.15, 0.2) is 0 Å². The van der Waals surface area contributed by atoms with Crippen molar-refractivity contribution in [3.8, 4) is 0 Å². The molecule has 2 amide bonds. The summed E-state index contributed by atoms with van der Waals surface area (Å²) in [6, 6.07) is 8.01. The van der Waals surface area contributed by atoms with Crippen molar-refractivity contribution in [1.82, 2.24) is 15.1 Å². The highest BCUT2D eigenvalue weighted by Gasteiger charge is 2.35. The van der Waals surface area contributed by atoms with Gasteiger partial charge >= 0.3 is 0 Å². The third-order valence-corrected chi connectivity index (χ3v) is 6.27. The molecule has 6 nitrogen and oxygen atoms in total. The topological polar surface area (TPSA) is 61.9 Å². The van der Waals surface area contributed by atoms with Gasteiger partial charge in [-0.1, -0.05) is 52.0 Å². The Hall–Kier alpha value is -1.92. The molecule has 0 aliphatic carbocycles. The molecule has 2 aliphatic rings. The van der Waals surface area contributed by atoms with Crippen molar-refractivity contribution < 1.29 is 14.3 Å². The molecule has 172 valence electrons. The average Bonchev–Trinajstić information content (AvgIpc) is 2.75. The molecule has 2 heterocycles. The second-order valence-corrected chi connectivity index (χ2v) is 9.79. The first-order valence-corrected chi connectivity index (χ1v) is 11.8. The lowest BCUT2D eigenvalue weighted by molar-refractivity contribution is -0.142. The third kappa shape index (κ3) is 6.53. The molecular weight excluding hydrogens is 390 g/mol. The summed E-state index contributed by atoms with van der Waals surface area (Å²) < 4.78 is 5.51. The Morgan fingerprint density at radius 1 is 1.06 bits per heavy atom. The molecule has 0 saturated carbocycles. The normalized spacial score (nSPS) is 20.6. The Bertz CT molecular complexity index is 743. The van der Waals surface area contributed by atoms with E-state index in [2.05, 4.69) is 36.2 Å². The van der Waals surface area contributed by atoms with Crippen molar-refractivity contribution in [1.29, 1.82) is 0 Å². The zero-order valence-electron chi connectivity index (χ0n) is 19.6. The van der Waals surface area contributed by atoms with Gasteiger partial charge in [0.05, 0.1) is 13.2 Å². The van der Waals surface area contributed by atoms with E-state index in [1.807, 2.05) is 26.0 Å². The SMILES string of the molecule is CC(C)CC(=O)N1Cc2ccccc2CC1C(=O)NCC(CC(C)C)N1CCOCC1. The molecule has 6 heteroatoms. The molecule has 1 saturated heterocycles. The highest BCUT2D eigenvalue weighted by atomic mass is 16.5. The van der Waals surface area contributed by atoms with E-state index in [9.17, 15) is 9.59 Å². The van der Waals surface area contributed by atoms with Crippen molar-refractivity contribution in [3.63, 3.8) is 0 Å². The molecule has 31 heavy (non-hydrogen) atoms. The lowest BCUT2D eigenvalue weighted by atomic mass is 9.92. The molecule has 2 aliphatic heterocycles. The molecular formula is C25H39N3O3. The van der Waals surface area contributed by atoms with Crippen molar-refractivity contribution in [3.05, 3.63) is 35.4 Å². The standard InChI is InChI=1S/C25H39N3O3/c1-18(2)13-22(27-9-11-31-12-10-27)16-26-25(30)23-15-20-7-5-6-8-21(20)17-28(23)24(29)14-19(3)4/h5-8,18-19,22-23H,9-17H2,1-4H3,(H,26,30). The van der Waals surface area contributed by atoms with Crippen LogP contribution in [0.3, 0.4) is 0 Å². The van der Waals surface area contributed by atoms with E-state index in [0.29, 0.717) is 37.9 Å². The van der Waals surface area contributed by atoms with Gasteiger partial charge in [-0.3, -0.25) is 14.5 Å². The van der Waals surface area contributed by atoms with Gasteiger partial charge < -0.3 is 15.0 Å². The fraction of sp³-hybridized carbons (Fsp3) is 0.680. The summed E-state index contributed by atoms with van der Waals surface area (Å²) in [6.45, 7) is 13.0. The average molecular weight is 430 g/mol. The summed E-state index contributed by atoms with van der Waals surface area (Å²) in [5.41, 5.74) is 2.32. The second-order valence-electron chi connectivity index (χ2n) is 9.79. The Morgan fingerprint density at radius 2 is 1.74 bits per heavy atom. The summed E-state index contributed by atoms with van der Waals surface area (Å²) in [4.78, 5) is 30.5. The summed E-state index contributed by atoms with van der Waals surface area (Å²) in [5, 5.41) is 3.21. The van der Waals surface area contributed by atoms with E-state index in [0.717, 1.165) is 38.3 Å². The van der Waals surface area contributed by atoms with E-state index < -0.39 is 6.04 Å². The van der Waals surface area contributed by atoms with E-state index in [1.165, 1.54) is 5.56 Å². The number of carbonyl (C=O) groups excluding carboxylic acids is 2. The van der Waals surface area contributed by atoms with Crippen LogP contribution in [0.1, 0.15) is 51.7 Å². The first kappa shape index (κ1) is 23.7. The second kappa shape index (κ2) is 11.1.